The zero-order chi connectivity index (χ0) is 17.0. The zero-order valence-electron chi connectivity index (χ0n) is 14.0. The van der Waals surface area contributed by atoms with E-state index in [9.17, 15) is 4.79 Å². The van der Waals surface area contributed by atoms with E-state index in [0.717, 1.165) is 17.8 Å². The Labute approximate surface area is 136 Å². The molecule has 0 bridgehead atoms. The van der Waals surface area contributed by atoms with E-state index in [2.05, 4.69) is 48.9 Å². The molecule has 0 saturated carbocycles. The number of nitrogens with one attached hydrogen (secondary N) is 1. The van der Waals surface area contributed by atoms with Crippen LogP contribution in [0.1, 0.15) is 41.2 Å². The van der Waals surface area contributed by atoms with Crippen molar-refractivity contribution in [3.8, 4) is 0 Å². The van der Waals surface area contributed by atoms with Crippen molar-refractivity contribution in [1.29, 1.82) is 0 Å². The number of aryl methyl sites for hydroxylation is 1. The van der Waals surface area contributed by atoms with E-state index in [1.807, 2.05) is 0 Å². The molecular formula is C18H23N3O2. The van der Waals surface area contributed by atoms with E-state index in [4.69, 9.17) is 5.11 Å². The Kier molecular flexibility index (Phi) is 5.21. The minimum Gasteiger partial charge on any atom is -0.478 e. The molecule has 0 amide bonds. The number of carboxylic acid groups (broad SMARTS) is 1. The van der Waals surface area contributed by atoms with Crippen molar-refractivity contribution >= 4 is 17.9 Å². The number of hydrogen-bond donors (Lipinski definition) is 2. The van der Waals surface area contributed by atoms with Crippen LogP contribution >= 0.6 is 0 Å². The molecule has 0 spiro atoms. The quantitative estimate of drug-likeness (QED) is 0.628. The van der Waals surface area contributed by atoms with Crippen LogP contribution in [0.25, 0.3) is 0 Å². The summed E-state index contributed by atoms with van der Waals surface area (Å²) in [7, 11) is 0. The second-order valence-electron chi connectivity index (χ2n) is 6.08. The van der Waals surface area contributed by atoms with Gasteiger partial charge in [-0.05, 0) is 50.1 Å². The summed E-state index contributed by atoms with van der Waals surface area (Å²) in [5, 5.41) is 13.1. The number of carboxylic acids is 1. The van der Waals surface area contributed by atoms with Gasteiger partial charge < -0.3 is 9.67 Å². The fraction of sp³-hybridized carbons (Fsp3) is 0.333. The average Bonchev–Trinajstić information content (AvgIpc) is 2.75. The Morgan fingerprint density at radius 3 is 2.52 bits per heavy atom. The van der Waals surface area contributed by atoms with Crippen LogP contribution < -0.4 is 5.43 Å². The van der Waals surface area contributed by atoms with Gasteiger partial charge in [0, 0.05) is 23.5 Å². The number of benzene rings is 1. The second-order valence-corrected chi connectivity index (χ2v) is 6.08. The minimum absolute atomic E-state index is 0.261. The largest absolute Gasteiger partial charge is 0.478 e. The van der Waals surface area contributed by atoms with Crippen LogP contribution in [0.2, 0.25) is 0 Å². The number of aromatic carboxylic acids is 1. The van der Waals surface area contributed by atoms with Gasteiger partial charge in [0.15, 0.2) is 0 Å². The Morgan fingerprint density at radius 2 is 1.96 bits per heavy atom. The maximum Gasteiger partial charge on any atom is 0.335 e. The van der Waals surface area contributed by atoms with Crippen LogP contribution in [0.15, 0.2) is 35.4 Å². The van der Waals surface area contributed by atoms with E-state index < -0.39 is 5.97 Å². The third-order valence-corrected chi connectivity index (χ3v) is 3.69. The fourth-order valence-electron chi connectivity index (χ4n) is 2.47. The van der Waals surface area contributed by atoms with Gasteiger partial charge in [-0.1, -0.05) is 13.8 Å². The van der Waals surface area contributed by atoms with Gasteiger partial charge in [-0.15, -0.1) is 0 Å². The summed E-state index contributed by atoms with van der Waals surface area (Å²) in [6, 6.07) is 8.62. The summed E-state index contributed by atoms with van der Waals surface area (Å²) in [5.74, 6) is -0.340. The zero-order valence-corrected chi connectivity index (χ0v) is 14.0. The topological polar surface area (TPSA) is 66.6 Å². The van der Waals surface area contributed by atoms with Crippen LogP contribution in [0.5, 0.6) is 0 Å². The highest BCUT2D eigenvalue weighted by atomic mass is 16.4. The lowest BCUT2D eigenvalue weighted by atomic mass is 10.2. The second kappa shape index (κ2) is 7.13. The van der Waals surface area contributed by atoms with E-state index in [0.29, 0.717) is 5.92 Å². The number of hydrazone groups is 1. The maximum atomic E-state index is 10.8. The first kappa shape index (κ1) is 16.8. The Hall–Kier alpha value is -2.56. The monoisotopic (exact) mass is 313 g/mol. The normalized spacial score (nSPS) is 11.3. The molecule has 0 atom stereocenters. The van der Waals surface area contributed by atoms with Gasteiger partial charge in [0.05, 0.1) is 17.5 Å². The SMILES string of the molecule is Cc1cc(/C=N/Nc2ccc(C(=O)O)cc2)c(C)n1CC(C)C. The molecule has 2 N–H and O–H groups in total. The Bertz CT molecular complexity index is 713. The number of carbonyl (C=O) groups is 1. The number of hydrogen-bond acceptors (Lipinski definition) is 3. The smallest absolute Gasteiger partial charge is 0.335 e. The summed E-state index contributed by atoms with van der Waals surface area (Å²) in [4.78, 5) is 10.8. The van der Waals surface area contributed by atoms with Crippen molar-refractivity contribution < 1.29 is 9.90 Å². The highest BCUT2D eigenvalue weighted by Crippen LogP contribution is 2.16. The molecule has 1 heterocycles. The van der Waals surface area contributed by atoms with Crippen molar-refractivity contribution in [3.05, 3.63) is 52.8 Å². The first-order valence-electron chi connectivity index (χ1n) is 7.67. The van der Waals surface area contributed by atoms with E-state index in [1.54, 1.807) is 30.5 Å². The van der Waals surface area contributed by atoms with Crippen LogP contribution in [0.4, 0.5) is 5.69 Å². The highest BCUT2D eigenvalue weighted by Gasteiger charge is 2.08. The van der Waals surface area contributed by atoms with Crippen molar-refractivity contribution in [2.75, 3.05) is 5.43 Å². The molecule has 0 radical (unpaired) electrons. The molecule has 1 aromatic heterocycles. The molecule has 2 rings (SSSR count). The summed E-state index contributed by atoms with van der Waals surface area (Å²) >= 11 is 0. The van der Waals surface area contributed by atoms with Gasteiger partial charge >= 0.3 is 5.97 Å². The first-order valence-corrected chi connectivity index (χ1v) is 7.67. The third kappa shape index (κ3) is 4.22. The Morgan fingerprint density at radius 1 is 1.30 bits per heavy atom. The molecule has 0 aliphatic heterocycles. The lowest BCUT2D eigenvalue weighted by Gasteiger charge is -2.11. The maximum absolute atomic E-state index is 10.8. The summed E-state index contributed by atoms with van der Waals surface area (Å²) < 4.78 is 2.30. The van der Waals surface area contributed by atoms with E-state index in [-0.39, 0.29) is 5.56 Å². The first-order chi connectivity index (χ1) is 10.9. The van der Waals surface area contributed by atoms with Crippen molar-refractivity contribution in [3.63, 3.8) is 0 Å². The average molecular weight is 313 g/mol. The number of aromatic nitrogens is 1. The van der Waals surface area contributed by atoms with Crippen LogP contribution in [0.3, 0.4) is 0 Å². The van der Waals surface area contributed by atoms with E-state index in [1.165, 1.54) is 11.4 Å². The molecule has 0 aliphatic carbocycles. The molecule has 23 heavy (non-hydrogen) atoms. The summed E-state index contributed by atoms with van der Waals surface area (Å²) in [5.41, 5.74) is 7.44. The predicted octanol–water partition coefficient (Wildman–Crippen LogP) is 3.91. The van der Waals surface area contributed by atoms with Crippen LogP contribution in [0, 0.1) is 19.8 Å². The molecule has 0 fully saturated rings. The third-order valence-electron chi connectivity index (χ3n) is 3.69. The fourth-order valence-corrected chi connectivity index (χ4v) is 2.47. The standard InChI is InChI=1S/C18H23N3O2/c1-12(2)11-21-13(3)9-16(14(21)4)10-19-20-17-7-5-15(6-8-17)18(22)23/h5-10,12,20H,11H2,1-4H3,(H,22,23)/b19-10+. The Balaban J connectivity index is 2.07. The highest BCUT2D eigenvalue weighted by molar-refractivity contribution is 5.88. The number of rotatable bonds is 6. The summed E-state index contributed by atoms with van der Waals surface area (Å²) in [6.07, 6.45) is 1.80. The van der Waals surface area contributed by atoms with Crippen molar-refractivity contribution in [1.82, 2.24) is 4.57 Å². The van der Waals surface area contributed by atoms with Gasteiger partial charge in [-0.3, -0.25) is 5.43 Å². The van der Waals surface area contributed by atoms with E-state index >= 15 is 0 Å². The number of anilines is 1. The van der Waals surface area contributed by atoms with Crippen LogP contribution in [-0.2, 0) is 6.54 Å². The molecule has 5 heteroatoms. The molecule has 0 unspecified atom stereocenters. The van der Waals surface area contributed by atoms with Crippen LogP contribution in [-0.4, -0.2) is 21.9 Å². The van der Waals surface area contributed by atoms with Gasteiger partial charge in [-0.2, -0.15) is 5.10 Å². The minimum atomic E-state index is -0.933. The van der Waals surface area contributed by atoms with Gasteiger partial charge in [0.1, 0.15) is 0 Å². The van der Waals surface area contributed by atoms with Crippen molar-refractivity contribution in [2.45, 2.75) is 34.2 Å². The predicted molar refractivity (Wildman–Crippen MR) is 93.4 cm³/mol. The molecule has 5 nitrogen and oxygen atoms in total. The molecule has 1 aromatic carbocycles. The molecule has 0 saturated heterocycles. The molecule has 0 aliphatic rings. The molecular weight excluding hydrogens is 290 g/mol. The summed E-state index contributed by atoms with van der Waals surface area (Å²) in [6.45, 7) is 9.60. The van der Waals surface area contributed by atoms with Crippen molar-refractivity contribution in [2.24, 2.45) is 11.0 Å². The van der Waals surface area contributed by atoms with Gasteiger partial charge in [0.25, 0.3) is 0 Å². The molecule has 122 valence electrons. The molecule has 2 aromatic rings. The van der Waals surface area contributed by atoms with Gasteiger partial charge in [-0.25, -0.2) is 4.79 Å². The lowest BCUT2D eigenvalue weighted by molar-refractivity contribution is 0.0697. The van der Waals surface area contributed by atoms with Gasteiger partial charge in [0.2, 0.25) is 0 Å². The number of nitrogens with zero attached hydrogens (tertiary/aromatic N) is 2. The lowest BCUT2D eigenvalue weighted by Crippen LogP contribution is -2.08.